The van der Waals surface area contributed by atoms with Gasteiger partial charge in [0.25, 0.3) is 5.91 Å². The highest BCUT2D eigenvalue weighted by molar-refractivity contribution is 8.00. The number of carbonyl (C=O) groups is 2. The lowest BCUT2D eigenvalue weighted by Crippen LogP contribution is -2.22. The molecule has 4 aromatic rings. The van der Waals surface area contributed by atoms with E-state index < -0.39 is 0 Å². The largest absolute Gasteiger partial charge is 0.497 e. The summed E-state index contributed by atoms with van der Waals surface area (Å²) in [6.45, 7) is 3.75. The minimum atomic E-state index is -0.360. The second-order valence-corrected chi connectivity index (χ2v) is 10.1. The normalized spacial score (nSPS) is 11.5. The third-order valence-corrected chi connectivity index (χ3v) is 7.11. The number of benzene rings is 3. The van der Waals surface area contributed by atoms with Gasteiger partial charge in [-0.3, -0.25) is 9.59 Å². The van der Waals surface area contributed by atoms with Gasteiger partial charge in [-0.2, -0.15) is 0 Å². The smallest absolute Gasteiger partial charge is 0.255 e. The van der Waals surface area contributed by atoms with Crippen LogP contribution >= 0.6 is 23.1 Å². The van der Waals surface area contributed by atoms with E-state index in [1.54, 1.807) is 13.2 Å². The summed E-state index contributed by atoms with van der Waals surface area (Å²) >= 11 is 2.79. The molecule has 0 saturated carbocycles. The van der Waals surface area contributed by atoms with Crippen LogP contribution in [0.1, 0.15) is 22.8 Å². The van der Waals surface area contributed by atoms with Crippen LogP contribution in [0.5, 0.6) is 5.75 Å². The number of rotatable bonds is 8. The summed E-state index contributed by atoms with van der Waals surface area (Å²) in [7, 11) is 1.62. The van der Waals surface area contributed by atoms with Crippen molar-refractivity contribution < 1.29 is 14.3 Å². The number of carbonyl (C=O) groups excluding carboxylic acids is 2. The summed E-state index contributed by atoms with van der Waals surface area (Å²) in [6, 6.07) is 22.6. The monoisotopic (exact) mass is 503 g/mol. The molecule has 8 heteroatoms. The molecule has 1 atom stereocenters. The highest BCUT2D eigenvalue weighted by Crippen LogP contribution is 2.30. The Hall–Kier alpha value is -3.62. The molecule has 0 aliphatic carbocycles. The summed E-state index contributed by atoms with van der Waals surface area (Å²) in [4.78, 5) is 30.8. The van der Waals surface area contributed by atoms with Crippen molar-refractivity contribution >= 4 is 45.7 Å². The first-order chi connectivity index (χ1) is 16.9. The van der Waals surface area contributed by atoms with Gasteiger partial charge in [0.15, 0.2) is 5.13 Å². The fourth-order valence-corrected chi connectivity index (χ4v) is 5.03. The van der Waals surface area contributed by atoms with E-state index in [1.165, 1.54) is 23.1 Å². The van der Waals surface area contributed by atoms with Crippen molar-refractivity contribution in [2.45, 2.75) is 24.0 Å². The van der Waals surface area contributed by atoms with Crippen LogP contribution in [0.15, 0.2) is 83.1 Å². The number of methoxy groups -OCH3 is 1. The van der Waals surface area contributed by atoms with Gasteiger partial charge in [-0.1, -0.05) is 36.4 Å². The van der Waals surface area contributed by atoms with Gasteiger partial charge in [0.2, 0.25) is 5.91 Å². The molecule has 2 amide bonds. The summed E-state index contributed by atoms with van der Waals surface area (Å²) in [5.41, 5.74) is 3.93. The lowest BCUT2D eigenvalue weighted by molar-refractivity contribution is -0.115. The number of nitrogens with one attached hydrogen (secondary N) is 2. The third-order valence-electron chi connectivity index (χ3n) is 5.26. The zero-order valence-electron chi connectivity index (χ0n) is 19.6. The van der Waals surface area contributed by atoms with E-state index in [2.05, 4.69) is 15.6 Å². The fourth-order valence-electron chi connectivity index (χ4n) is 3.38. The van der Waals surface area contributed by atoms with Crippen molar-refractivity contribution in [3.05, 3.63) is 89.3 Å². The average Bonchev–Trinajstić information content (AvgIpc) is 3.33. The number of aryl methyl sites for hydroxylation is 1. The maximum atomic E-state index is 12.8. The topological polar surface area (TPSA) is 80.3 Å². The summed E-state index contributed by atoms with van der Waals surface area (Å²) in [5.74, 6) is 0.450. The van der Waals surface area contributed by atoms with Crippen LogP contribution in [0.4, 0.5) is 10.8 Å². The number of hydrogen-bond donors (Lipinski definition) is 2. The van der Waals surface area contributed by atoms with Crippen LogP contribution in [0.3, 0.4) is 0 Å². The standard InChI is InChI=1S/C27H25N3O3S2/c1-17-8-4-5-13-23(17)26(32)28-20-10-7-12-22(15-20)35-18(2)25(31)30-27-29-24(16-34-27)19-9-6-11-21(14-19)33-3/h4-16,18H,1-3H3,(H,28,32)(H,29,30,31). The zero-order chi connectivity index (χ0) is 24.8. The lowest BCUT2D eigenvalue weighted by Gasteiger charge is -2.12. The Bertz CT molecular complexity index is 1350. The molecule has 35 heavy (non-hydrogen) atoms. The summed E-state index contributed by atoms with van der Waals surface area (Å²) in [5, 5.41) is 7.93. The van der Waals surface area contributed by atoms with E-state index in [1.807, 2.05) is 86.0 Å². The summed E-state index contributed by atoms with van der Waals surface area (Å²) in [6.07, 6.45) is 0. The van der Waals surface area contributed by atoms with Crippen LogP contribution in [0.25, 0.3) is 11.3 Å². The van der Waals surface area contributed by atoms with Gasteiger partial charge in [0, 0.05) is 27.1 Å². The van der Waals surface area contributed by atoms with Crippen LogP contribution in [0, 0.1) is 6.92 Å². The number of ether oxygens (including phenoxy) is 1. The van der Waals surface area contributed by atoms with Gasteiger partial charge in [0.05, 0.1) is 18.1 Å². The van der Waals surface area contributed by atoms with Crippen LogP contribution in [-0.4, -0.2) is 29.2 Å². The lowest BCUT2D eigenvalue weighted by atomic mass is 10.1. The molecular formula is C27H25N3O3S2. The van der Waals surface area contributed by atoms with E-state index in [4.69, 9.17) is 4.74 Å². The molecule has 0 saturated heterocycles. The first-order valence-corrected chi connectivity index (χ1v) is 12.7. The molecule has 178 valence electrons. The first kappa shape index (κ1) is 24.5. The summed E-state index contributed by atoms with van der Waals surface area (Å²) < 4.78 is 5.27. The van der Waals surface area contributed by atoms with E-state index in [0.717, 1.165) is 27.5 Å². The minimum absolute atomic E-state index is 0.143. The molecule has 1 unspecified atom stereocenters. The molecule has 0 aliphatic rings. The van der Waals surface area contributed by atoms with Crippen LogP contribution < -0.4 is 15.4 Å². The molecule has 4 rings (SSSR count). The Morgan fingerprint density at radius 1 is 1.00 bits per heavy atom. The Morgan fingerprint density at radius 3 is 2.60 bits per heavy atom. The second kappa shape index (κ2) is 11.2. The highest BCUT2D eigenvalue weighted by atomic mass is 32.2. The molecule has 2 N–H and O–H groups in total. The van der Waals surface area contributed by atoms with Crippen molar-refractivity contribution in [3.63, 3.8) is 0 Å². The predicted octanol–water partition coefficient (Wildman–Crippen LogP) is 6.50. The van der Waals surface area contributed by atoms with E-state index in [-0.39, 0.29) is 17.1 Å². The van der Waals surface area contributed by atoms with Gasteiger partial charge in [-0.25, -0.2) is 4.98 Å². The predicted molar refractivity (Wildman–Crippen MR) is 144 cm³/mol. The molecule has 1 aromatic heterocycles. The maximum absolute atomic E-state index is 12.8. The van der Waals surface area contributed by atoms with Crippen molar-refractivity contribution in [2.24, 2.45) is 0 Å². The molecule has 0 spiro atoms. The minimum Gasteiger partial charge on any atom is -0.497 e. The Kier molecular flexibility index (Phi) is 7.84. The van der Waals surface area contributed by atoms with Crippen molar-refractivity contribution in [2.75, 3.05) is 17.7 Å². The fraction of sp³-hybridized carbons (Fsp3) is 0.148. The van der Waals surface area contributed by atoms with Crippen molar-refractivity contribution in [3.8, 4) is 17.0 Å². The third kappa shape index (κ3) is 6.29. The van der Waals surface area contributed by atoms with E-state index in [0.29, 0.717) is 16.4 Å². The molecule has 1 heterocycles. The Morgan fingerprint density at radius 2 is 1.80 bits per heavy atom. The van der Waals surface area contributed by atoms with Crippen molar-refractivity contribution in [1.29, 1.82) is 0 Å². The molecular weight excluding hydrogens is 478 g/mol. The van der Waals surface area contributed by atoms with Gasteiger partial charge in [-0.15, -0.1) is 23.1 Å². The van der Waals surface area contributed by atoms with Crippen LogP contribution in [0.2, 0.25) is 0 Å². The first-order valence-electron chi connectivity index (χ1n) is 11.0. The van der Waals surface area contributed by atoms with Crippen LogP contribution in [-0.2, 0) is 4.79 Å². The molecule has 0 aliphatic heterocycles. The Balaban J connectivity index is 1.37. The molecule has 6 nitrogen and oxygen atoms in total. The molecule has 0 bridgehead atoms. The van der Waals surface area contributed by atoms with Gasteiger partial charge < -0.3 is 15.4 Å². The number of nitrogens with zero attached hydrogens (tertiary/aromatic N) is 1. The van der Waals surface area contributed by atoms with E-state index >= 15 is 0 Å². The quantitative estimate of drug-likeness (QED) is 0.268. The number of hydrogen-bond acceptors (Lipinski definition) is 6. The van der Waals surface area contributed by atoms with Gasteiger partial charge in [-0.05, 0) is 55.8 Å². The van der Waals surface area contributed by atoms with Gasteiger partial charge >= 0.3 is 0 Å². The maximum Gasteiger partial charge on any atom is 0.255 e. The molecule has 0 fully saturated rings. The highest BCUT2D eigenvalue weighted by Gasteiger charge is 2.17. The number of amides is 2. The number of anilines is 2. The van der Waals surface area contributed by atoms with Gasteiger partial charge in [0.1, 0.15) is 5.75 Å². The zero-order valence-corrected chi connectivity index (χ0v) is 21.2. The van der Waals surface area contributed by atoms with Crippen molar-refractivity contribution in [1.82, 2.24) is 4.98 Å². The Labute approximate surface area is 212 Å². The SMILES string of the molecule is COc1cccc(-c2csc(NC(=O)C(C)Sc3cccc(NC(=O)c4ccccc4C)c3)n2)c1. The van der Waals surface area contributed by atoms with E-state index in [9.17, 15) is 9.59 Å². The second-order valence-electron chi connectivity index (χ2n) is 7.82. The number of thioether (sulfide) groups is 1. The molecule has 3 aromatic carbocycles. The average molecular weight is 504 g/mol. The number of aromatic nitrogens is 1. The number of thiazole rings is 1. The molecule has 0 radical (unpaired) electrons.